The molecular formula is C16H14Cl2N2O3S. The Hall–Kier alpha value is -2.02. The van der Waals surface area contributed by atoms with Gasteiger partial charge in [0.1, 0.15) is 17.1 Å². The van der Waals surface area contributed by atoms with Crippen LogP contribution in [0.25, 0.3) is 0 Å². The molecule has 5 nitrogen and oxygen atoms in total. The van der Waals surface area contributed by atoms with E-state index in [9.17, 15) is 4.79 Å². The summed E-state index contributed by atoms with van der Waals surface area (Å²) in [5.41, 5.74) is 0.771. The summed E-state index contributed by atoms with van der Waals surface area (Å²) in [5, 5.41) is 6.37. The van der Waals surface area contributed by atoms with Gasteiger partial charge in [0.05, 0.1) is 24.9 Å². The van der Waals surface area contributed by atoms with E-state index >= 15 is 0 Å². The predicted molar refractivity (Wildman–Crippen MR) is 99.7 cm³/mol. The van der Waals surface area contributed by atoms with Crippen LogP contribution < -0.4 is 20.1 Å². The van der Waals surface area contributed by atoms with Gasteiger partial charge in [-0.1, -0.05) is 29.3 Å². The van der Waals surface area contributed by atoms with E-state index < -0.39 is 5.91 Å². The second kappa shape index (κ2) is 8.19. The van der Waals surface area contributed by atoms with Crippen molar-refractivity contribution in [2.24, 2.45) is 0 Å². The molecule has 8 heteroatoms. The predicted octanol–water partition coefficient (Wildman–Crippen LogP) is 4.14. The first-order chi connectivity index (χ1) is 11.5. The average Bonchev–Trinajstić information content (AvgIpc) is 2.56. The zero-order valence-corrected chi connectivity index (χ0v) is 15.2. The maximum atomic E-state index is 12.5. The van der Waals surface area contributed by atoms with Crippen molar-refractivity contribution in [3.63, 3.8) is 0 Å². The second-order valence-corrected chi connectivity index (χ2v) is 5.82. The molecule has 2 aromatic carbocycles. The second-order valence-electron chi connectivity index (χ2n) is 4.57. The first kappa shape index (κ1) is 18.3. The van der Waals surface area contributed by atoms with Gasteiger partial charge < -0.3 is 14.8 Å². The average molecular weight is 385 g/mol. The van der Waals surface area contributed by atoms with Crippen LogP contribution >= 0.6 is 35.4 Å². The molecule has 0 atom stereocenters. The minimum Gasteiger partial charge on any atom is -0.496 e. The Labute approximate surface area is 154 Å². The van der Waals surface area contributed by atoms with Gasteiger partial charge in [0.15, 0.2) is 5.11 Å². The van der Waals surface area contributed by atoms with Crippen molar-refractivity contribution >= 4 is 52.1 Å². The molecule has 2 rings (SSSR count). The van der Waals surface area contributed by atoms with Crippen molar-refractivity contribution in [2.45, 2.75) is 0 Å². The Balaban J connectivity index is 2.16. The Morgan fingerprint density at radius 1 is 1.08 bits per heavy atom. The summed E-state index contributed by atoms with van der Waals surface area (Å²) in [6.45, 7) is 0. The van der Waals surface area contributed by atoms with Gasteiger partial charge in [-0.3, -0.25) is 10.1 Å². The molecule has 0 fully saturated rings. The van der Waals surface area contributed by atoms with Gasteiger partial charge in [0.2, 0.25) is 0 Å². The molecule has 0 spiro atoms. The SMILES string of the molecule is COc1cccc(OC)c1C(=O)NC(=S)Nc1ccc(Cl)cc1Cl. The number of benzene rings is 2. The number of rotatable bonds is 4. The van der Waals surface area contributed by atoms with Crippen molar-refractivity contribution in [1.29, 1.82) is 0 Å². The summed E-state index contributed by atoms with van der Waals surface area (Å²) in [6, 6.07) is 9.92. The zero-order valence-electron chi connectivity index (χ0n) is 12.9. The van der Waals surface area contributed by atoms with Crippen LogP contribution in [-0.2, 0) is 0 Å². The summed E-state index contributed by atoms with van der Waals surface area (Å²) in [6.07, 6.45) is 0. The molecule has 0 saturated heterocycles. The van der Waals surface area contributed by atoms with Gasteiger partial charge in [0.25, 0.3) is 5.91 Å². The lowest BCUT2D eigenvalue weighted by Gasteiger charge is -2.14. The van der Waals surface area contributed by atoms with Crippen molar-refractivity contribution in [3.05, 3.63) is 52.0 Å². The van der Waals surface area contributed by atoms with E-state index in [0.29, 0.717) is 27.2 Å². The number of methoxy groups -OCH3 is 2. The zero-order chi connectivity index (χ0) is 17.7. The summed E-state index contributed by atoms with van der Waals surface area (Å²) in [4.78, 5) is 12.5. The van der Waals surface area contributed by atoms with Crippen LogP contribution in [-0.4, -0.2) is 25.2 Å². The molecule has 126 valence electrons. The molecule has 0 unspecified atom stereocenters. The van der Waals surface area contributed by atoms with Gasteiger partial charge in [-0.15, -0.1) is 0 Å². The first-order valence-electron chi connectivity index (χ1n) is 6.74. The molecule has 1 amide bonds. The quantitative estimate of drug-likeness (QED) is 0.775. The number of hydrogen-bond acceptors (Lipinski definition) is 4. The number of halogens is 2. The topological polar surface area (TPSA) is 59.6 Å². The largest absolute Gasteiger partial charge is 0.496 e. The molecule has 0 aromatic heterocycles. The van der Waals surface area contributed by atoms with Gasteiger partial charge >= 0.3 is 0 Å². The van der Waals surface area contributed by atoms with Crippen LogP contribution in [0.1, 0.15) is 10.4 Å². The number of carbonyl (C=O) groups is 1. The number of carbonyl (C=O) groups excluding carboxylic acids is 1. The summed E-state index contributed by atoms with van der Waals surface area (Å²) in [7, 11) is 2.94. The Morgan fingerprint density at radius 3 is 2.25 bits per heavy atom. The molecule has 2 aromatic rings. The van der Waals surface area contributed by atoms with E-state index in [4.69, 9.17) is 44.9 Å². The Morgan fingerprint density at radius 2 is 1.71 bits per heavy atom. The van der Waals surface area contributed by atoms with Gasteiger partial charge in [-0.2, -0.15) is 0 Å². The number of hydrogen-bond donors (Lipinski definition) is 2. The third-order valence-electron chi connectivity index (χ3n) is 3.06. The van der Waals surface area contributed by atoms with E-state index in [0.717, 1.165) is 0 Å². The third kappa shape index (κ3) is 4.29. The van der Waals surface area contributed by atoms with Gasteiger partial charge in [-0.25, -0.2) is 0 Å². The highest BCUT2D eigenvalue weighted by Gasteiger charge is 2.19. The van der Waals surface area contributed by atoms with E-state index in [1.54, 1.807) is 36.4 Å². The maximum absolute atomic E-state index is 12.5. The molecule has 0 bridgehead atoms. The fourth-order valence-electron chi connectivity index (χ4n) is 1.99. The monoisotopic (exact) mass is 384 g/mol. The fraction of sp³-hybridized carbons (Fsp3) is 0.125. The van der Waals surface area contributed by atoms with Crippen molar-refractivity contribution < 1.29 is 14.3 Å². The minimum absolute atomic E-state index is 0.0807. The van der Waals surface area contributed by atoms with Crippen LogP contribution in [0.4, 0.5) is 5.69 Å². The number of ether oxygens (including phenoxy) is 2. The van der Waals surface area contributed by atoms with Crippen LogP contribution in [0.2, 0.25) is 10.0 Å². The summed E-state index contributed by atoms with van der Waals surface area (Å²) < 4.78 is 10.4. The molecule has 0 radical (unpaired) electrons. The Kier molecular flexibility index (Phi) is 6.25. The van der Waals surface area contributed by atoms with E-state index in [-0.39, 0.29) is 10.7 Å². The third-order valence-corrected chi connectivity index (χ3v) is 3.81. The number of amides is 1. The number of nitrogens with one attached hydrogen (secondary N) is 2. The summed E-state index contributed by atoms with van der Waals surface area (Å²) >= 11 is 17.1. The molecule has 24 heavy (non-hydrogen) atoms. The lowest BCUT2D eigenvalue weighted by atomic mass is 10.1. The molecule has 0 aliphatic rings. The van der Waals surface area contributed by atoms with Crippen molar-refractivity contribution in [3.8, 4) is 11.5 Å². The van der Waals surface area contributed by atoms with Crippen LogP contribution in [0.3, 0.4) is 0 Å². The normalized spacial score (nSPS) is 10.0. The van der Waals surface area contributed by atoms with Crippen LogP contribution in [0.5, 0.6) is 11.5 Å². The first-order valence-corrected chi connectivity index (χ1v) is 7.91. The van der Waals surface area contributed by atoms with Crippen LogP contribution in [0, 0.1) is 0 Å². The molecular weight excluding hydrogens is 371 g/mol. The van der Waals surface area contributed by atoms with E-state index in [1.165, 1.54) is 14.2 Å². The maximum Gasteiger partial charge on any atom is 0.264 e. The van der Waals surface area contributed by atoms with Gasteiger partial charge in [-0.05, 0) is 42.5 Å². The molecule has 0 heterocycles. The molecule has 0 aliphatic carbocycles. The van der Waals surface area contributed by atoms with Crippen molar-refractivity contribution in [1.82, 2.24) is 5.32 Å². The number of anilines is 1. The lowest BCUT2D eigenvalue weighted by Crippen LogP contribution is -2.34. The Bertz CT molecular complexity index is 762. The highest BCUT2D eigenvalue weighted by molar-refractivity contribution is 7.80. The van der Waals surface area contributed by atoms with Crippen LogP contribution in [0.15, 0.2) is 36.4 Å². The van der Waals surface area contributed by atoms with Gasteiger partial charge in [0, 0.05) is 5.02 Å². The van der Waals surface area contributed by atoms with E-state index in [1.807, 2.05) is 0 Å². The molecule has 0 aliphatic heterocycles. The lowest BCUT2D eigenvalue weighted by molar-refractivity contribution is 0.0971. The van der Waals surface area contributed by atoms with E-state index in [2.05, 4.69) is 10.6 Å². The van der Waals surface area contributed by atoms with Crippen molar-refractivity contribution in [2.75, 3.05) is 19.5 Å². The highest BCUT2D eigenvalue weighted by atomic mass is 35.5. The molecule has 0 saturated carbocycles. The molecule has 2 N–H and O–H groups in total. The standard InChI is InChI=1S/C16H14Cl2N2O3S/c1-22-12-4-3-5-13(23-2)14(12)15(21)20-16(24)19-11-7-6-9(17)8-10(11)18/h3-8H,1-2H3,(H2,19,20,21,24). The summed E-state index contributed by atoms with van der Waals surface area (Å²) in [5.74, 6) is 0.283. The highest BCUT2D eigenvalue weighted by Crippen LogP contribution is 2.28. The number of thiocarbonyl (C=S) groups is 1. The smallest absolute Gasteiger partial charge is 0.264 e. The fourth-order valence-corrected chi connectivity index (χ4v) is 2.64. The minimum atomic E-state index is -0.466.